The minimum atomic E-state index is -0.524. The molecule has 0 radical (unpaired) electrons. The Morgan fingerprint density at radius 3 is 2.12 bits per heavy atom. The molecule has 90 valence electrons. The average Bonchev–Trinajstić information content (AvgIpc) is 2.17. The van der Waals surface area contributed by atoms with Crippen molar-refractivity contribution in [2.45, 2.75) is 39.5 Å². The van der Waals surface area contributed by atoms with Gasteiger partial charge in [0.1, 0.15) is 17.5 Å². The van der Waals surface area contributed by atoms with Crippen LogP contribution in [0.1, 0.15) is 43.7 Å². The standard InChI is InChI=1S/C15H18O2/c1-10-6-4-5-7-11(10)14-12(16)8-15(2,3)9-13(14)17/h4-7,14H,8-9H2,1-3H3. The quantitative estimate of drug-likeness (QED) is 0.695. The van der Waals surface area contributed by atoms with Crippen LogP contribution in [0.5, 0.6) is 0 Å². The number of carbonyl (C=O) groups is 2. The lowest BCUT2D eigenvalue weighted by molar-refractivity contribution is -0.135. The lowest BCUT2D eigenvalue weighted by Gasteiger charge is -2.32. The number of ketones is 2. The van der Waals surface area contributed by atoms with Crippen LogP contribution in [0.4, 0.5) is 0 Å². The second-order valence-electron chi connectivity index (χ2n) is 5.74. The van der Waals surface area contributed by atoms with E-state index in [9.17, 15) is 9.59 Å². The van der Waals surface area contributed by atoms with Crippen molar-refractivity contribution in [3.05, 3.63) is 35.4 Å². The van der Waals surface area contributed by atoms with Gasteiger partial charge in [0.25, 0.3) is 0 Å². The van der Waals surface area contributed by atoms with Crippen molar-refractivity contribution in [2.24, 2.45) is 5.41 Å². The van der Waals surface area contributed by atoms with Crippen LogP contribution < -0.4 is 0 Å². The first-order valence-corrected chi connectivity index (χ1v) is 6.02. The summed E-state index contributed by atoms with van der Waals surface area (Å²) >= 11 is 0. The zero-order chi connectivity index (χ0) is 12.6. The van der Waals surface area contributed by atoms with E-state index in [2.05, 4.69) is 0 Å². The molecule has 0 aromatic heterocycles. The fourth-order valence-electron chi connectivity index (χ4n) is 2.65. The van der Waals surface area contributed by atoms with Gasteiger partial charge in [-0.1, -0.05) is 38.1 Å². The minimum absolute atomic E-state index is 0.0700. The molecule has 1 aromatic rings. The first-order valence-electron chi connectivity index (χ1n) is 6.02. The van der Waals surface area contributed by atoms with Crippen LogP contribution >= 0.6 is 0 Å². The number of benzene rings is 1. The third kappa shape index (κ3) is 2.31. The Kier molecular flexibility index (Phi) is 2.90. The number of rotatable bonds is 1. The number of hydrogen-bond donors (Lipinski definition) is 0. The zero-order valence-corrected chi connectivity index (χ0v) is 10.6. The van der Waals surface area contributed by atoms with Gasteiger partial charge < -0.3 is 0 Å². The Hall–Kier alpha value is -1.44. The zero-order valence-electron chi connectivity index (χ0n) is 10.6. The summed E-state index contributed by atoms with van der Waals surface area (Å²) in [5.74, 6) is -0.384. The fourth-order valence-corrected chi connectivity index (χ4v) is 2.65. The second kappa shape index (κ2) is 4.10. The molecule has 0 N–H and O–H groups in total. The van der Waals surface area contributed by atoms with Gasteiger partial charge in [-0.15, -0.1) is 0 Å². The van der Waals surface area contributed by atoms with Crippen LogP contribution in [0.2, 0.25) is 0 Å². The van der Waals surface area contributed by atoms with E-state index in [0.29, 0.717) is 12.8 Å². The van der Waals surface area contributed by atoms with Crippen LogP contribution in [0.3, 0.4) is 0 Å². The van der Waals surface area contributed by atoms with Gasteiger partial charge in [-0.05, 0) is 23.5 Å². The highest BCUT2D eigenvalue weighted by Crippen LogP contribution is 2.38. The second-order valence-corrected chi connectivity index (χ2v) is 5.74. The third-order valence-electron chi connectivity index (χ3n) is 3.45. The van der Waals surface area contributed by atoms with Crippen molar-refractivity contribution >= 4 is 11.6 Å². The van der Waals surface area contributed by atoms with E-state index >= 15 is 0 Å². The van der Waals surface area contributed by atoms with Crippen LogP contribution in [0.15, 0.2) is 24.3 Å². The van der Waals surface area contributed by atoms with Crippen molar-refractivity contribution in [2.75, 3.05) is 0 Å². The lowest BCUT2D eigenvalue weighted by atomic mass is 9.69. The van der Waals surface area contributed by atoms with E-state index in [1.807, 2.05) is 45.0 Å². The molecule has 1 saturated carbocycles. The molecule has 2 nitrogen and oxygen atoms in total. The smallest absolute Gasteiger partial charge is 0.148 e. The molecule has 0 spiro atoms. The highest BCUT2D eigenvalue weighted by atomic mass is 16.2. The van der Waals surface area contributed by atoms with Gasteiger partial charge in [0.05, 0.1) is 0 Å². The molecular weight excluding hydrogens is 212 g/mol. The molecule has 17 heavy (non-hydrogen) atoms. The summed E-state index contributed by atoms with van der Waals surface area (Å²) in [7, 11) is 0. The molecule has 1 aliphatic rings. The van der Waals surface area contributed by atoms with Crippen molar-refractivity contribution in [1.29, 1.82) is 0 Å². The summed E-state index contributed by atoms with van der Waals surface area (Å²) in [5, 5.41) is 0. The molecular formula is C15H18O2. The van der Waals surface area contributed by atoms with Gasteiger partial charge >= 0.3 is 0 Å². The normalized spacial score (nSPS) is 20.6. The first kappa shape index (κ1) is 12.0. The first-order chi connectivity index (χ1) is 7.91. The predicted octanol–water partition coefficient (Wildman–Crippen LogP) is 3.04. The maximum Gasteiger partial charge on any atom is 0.148 e. The van der Waals surface area contributed by atoms with Gasteiger partial charge in [0.2, 0.25) is 0 Å². The van der Waals surface area contributed by atoms with E-state index in [1.54, 1.807) is 0 Å². The Labute approximate surface area is 102 Å². The van der Waals surface area contributed by atoms with Crippen molar-refractivity contribution in [3.63, 3.8) is 0 Å². The summed E-state index contributed by atoms with van der Waals surface area (Å²) < 4.78 is 0. The van der Waals surface area contributed by atoms with E-state index in [1.165, 1.54) is 0 Å². The Morgan fingerprint density at radius 1 is 1.06 bits per heavy atom. The summed E-state index contributed by atoms with van der Waals surface area (Å²) in [4.78, 5) is 24.3. The SMILES string of the molecule is Cc1ccccc1C1C(=O)CC(C)(C)CC1=O. The average molecular weight is 230 g/mol. The molecule has 0 amide bonds. The molecule has 0 aliphatic heterocycles. The molecule has 0 saturated heterocycles. The predicted molar refractivity (Wildman–Crippen MR) is 66.9 cm³/mol. The van der Waals surface area contributed by atoms with Gasteiger partial charge in [0, 0.05) is 12.8 Å². The molecule has 2 heteroatoms. The van der Waals surface area contributed by atoms with Gasteiger partial charge in [0.15, 0.2) is 0 Å². The highest BCUT2D eigenvalue weighted by Gasteiger charge is 2.40. The minimum Gasteiger partial charge on any atom is -0.299 e. The summed E-state index contributed by atoms with van der Waals surface area (Å²) in [6.45, 7) is 5.92. The number of Topliss-reactive ketones (excluding diaryl/α,β-unsaturated/α-hetero) is 2. The van der Waals surface area contributed by atoms with E-state index < -0.39 is 5.92 Å². The van der Waals surface area contributed by atoms with E-state index in [4.69, 9.17) is 0 Å². The van der Waals surface area contributed by atoms with Crippen LogP contribution in [0.25, 0.3) is 0 Å². The third-order valence-corrected chi connectivity index (χ3v) is 3.45. The van der Waals surface area contributed by atoms with Crippen LogP contribution in [-0.2, 0) is 9.59 Å². The Morgan fingerprint density at radius 2 is 1.59 bits per heavy atom. The molecule has 1 aliphatic carbocycles. The molecule has 0 bridgehead atoms. The molecule has 1 fully saturated rings. The van der Waals surface area contributed by atoms with E-state index in [-0.39, 0.29) is 17.0 Å². The molecule has 0 atom stereocenters. The van der Waals surface area contributed by atoms with Crippen molar-refractivity contribution in [3.8, 4) is 0 Å². The van der Waals surface area contributed by atoms with Crippen molar-refractivity contribution in [1.82, 2.24) is 0 Å². The lowest BCUT2D eigenvalue weighted by Crippen LogP contribution is -2.36. The summed E-state index contributed by atoms with van der Waals surface area (Å²) in [6, 6.07) is 7.67. The highest BCUT2D eigenvalue weighted by molar-refractivity contribution is 6.10. The number of hydrogen-bond acceptors (Lipinski definition) is 2. The number of carbonyl (C=O) groups excluding carboxylic acids is 2. The monoisotopic (exact) mass is 230 g/mol. The maximum atomic E-state index is 12.2. The molecule has 0 unspecified atom stereocenters. The molecule has 0 heterocycles. The van der Waals surface area contributed by atoms with E-state index in [0.717, 1.165) is 11.1 Å². The topological polar surface area (TPSA) is 34.1 Å². The Bertz CT molecular complexity index is 452. The van der Waals surface area contributed by atoms with Gasteiger partial charge in [-0.3, -0.25) is 9.59 Å². The summed E-state index contributed by atoms with van der Waals surface area (Å²) in [5.41, 5.74) is 1.74. The molecule has 2 rings (SSSR count). The number of aryl methyl sites for hydroxylation is 1. The fraction of sp³-hybridized carbons (Fsp3) is 0.467. The summed E-state index contributed by atoms with van der Waals surface area (Å²) in [6.07, 6.45) is 0.996. The van der Waals surface area contributed by atoms with Gasteiger partial charge in [-0.25, -0.2) is 0 Å². The maximum absolute atomic E-state index is 12.2. The van der Waals surface area contributed by atoms with Gasteiger partial charge in [-0.2, -0.15) is 0 Å². The Balaban J connectivity index is 2.38. The largest absolute Gasteiger partial charge is 0.299 e. The van der Waals surface area contributed by atoms with Crippen LogP contribution in [-0.4, -0.2) is 11.6 Å². The van der Waals surface area contributed by atoms with Crippen LogP contribution in [0, 0.1) is 12.3 Å². The molecule has 1 aromatic carbocycles. The van der Waals surface area contributed by atoms with Crippen molar-refractivity contribution < 1.29 is 9.59 Å².